The Labute approximate surface area is 197 Å². The van der Waals surface area contributed by atoms with Crippen LogP contribution in [0.5, 0.6) is 5.75 Å². The highest BCUT2D eigenvalue weighted by Crippen LogP contribution is 2.36. The summed E-state index contributed by atoms with van der Waals surface area (Å²) in [6.07, 6.45) is 1.39. The van der Waals surface area contributed by atoms with Crippen LogP contribution in [0.25, 0.3) is 6.08 Å². The fraction of sp³-hybridized carbons (Fsp3) is 0.0833. The maximum Gasteiger partial charge on any atom is 0.352 e. The third-order valence-electron chi connectivity index (χ3n) is 4.48. The van der Waals surface area contributed by atoms with Crippen LogP contribution in [0.15, 0.2) is 81.4 Å². The van der Waals surface area contributed by atoms with Gasteiger partial charge in [0.25, 0.3) is 5.91 Å². The van der Waals surface area contributed by atoms with E-state index >= 15 is 0 Å². The number of benzene rings is 3. The van der Waals surface area contributed by atoms with Crippen molar-refractivity contribution < 1.29 is 19.4 Å². The summed E-state index contributed by atoms with van der Waals surface area (Å²) in [5, 5.41) is 12.0. The summed E-state index contributed by atoms with van der Waals surface area (Å²) in [5.74, 6) is -1.13. The second-order valence-corrected chi connectivity index (χ2v) is 8.42. The SMILES string of the molecule is Cc1ccccc1COc1c(Br)cc(C=C(NC(=O)c2ccccc2)C(=O)O)cc1Br. The largest absolute Gasteiger partial charge is 0.487 e. The maximum absolute atomic E-state index is 12.3. The van der Waals surface area contributed by atoms with Gasteiger partial charge >= 0.3 is 5.97 Å². The number of carbonyl (C=O) groups is 2. The lowest BCUT2D eigenvalue weighted by atomic mass is 10.1. The van der Waals surface area contributed by atoms with E-state index in [1.54, 1.807) is 42.5 Å². The quantitative estimate of drug-likeness (QED) is 0.360. The number of carbonyl (C=O) groups excluding carboxylic acids is 1. The third-order valence-corrected chi connectivity index (χ3v) is 5.66. The van der Waals surface area contributed by atoms with E-state index in [1.807, 2.05) is 31.2 Å². The van der Waals surface area contributed by atoms with E-state index in [9.17, 15) is 14.7 Å². The molecule has 0 saturated carbocycles. The molecule has 0 aliphatic carbocycles. The van der Waals surface area contributed by atoms with Gasteiger partial charge in [-0.05, 0) is 85.8 Å². The van der Waals surface area contributed by atoms with E-state index in [-0.39, 0.29) is 5.70 Å². The number of hydrogen-bond acceptors (Lipinski definition) is 3. The summed E-state index contributed by atoms with van der Waals surface area (Å²) in [6, 6.07) is 19.9. The van der Waals surface area contributed by atoms with Crippen molar-refractivity contribution in [3.8, 4) is 5.75 Å². The van der Waals surface area contributed by atoms with Crippen molar-refractivity contribution in [3.05, 3.63) is 104 Å². The molecule has 0 aliphatic rings. The monoisotopic (exact) mass is 543 g/mol. The molecule has 0 bridgehead atoms. The smallest absolute Gasteiger partial charge is 0.352 e. The number of carboxylic acids is 1. The normalized spacial score (nSPS) is 11.1. The fourth-order valence-electron chi connectivity index (χ4n) is 2.82. The number of nitrogens with one attached hydrogen (secondary N) is 1. The first-order valence-corrected chi connectivity index (χ1v) is 10.9. The predicted molar refractivity (Wildman–Crippen MR) is 127 cm³/mol. The van der Waals surface area contributed by atoms with Crippen LogP contribution in [0, 0.1) is 6.92 Å². The van der Waals surface area contributed by atoms with Crippen LogP contribution >= 0.6 is 31.9 Å². The Bertz CT molecular complexity index is 1120. The summed E-state index contributed by atoms with van der Waals surface area (Å²) in [4.78, 5) is 24.0. The molecule has 0 aromatic heterocycles. The molecule has 0 heterocycles. The third kappa shape index (κ3) is 6.06. The number of ether oxygens (including phenoxy) is 1. The van der Waals surface area contributed by atoms with Gasteiger partial charge in [-0.1, -0.05) is 42.5 Å². The van der Waals surface area contributed by atoms with E-state index in [0.29, 0.717) is 32.4 Å². The molecule has 0 aliphatic heterocycles. The second kappa shape index (κ2) is 10.4. The van der Waals surface area contributed by atoms with Crippen LogP contribution in [0.1, 0.15) is 27.0 Å². The maximum atomic E-state index is 12.3. The molecule has 3 aromatic carbocycles. The van der Waals surface area contributed by atoms with Crippen LogP contribution in [0.3, 0.4) is 0 Å². The molecule has 31 heavy (non-hydrogen) atoms. The van der Waals surface area contributed by atoms with Crippen molar-refractivity contribution in [1.82, 2.24) is 5.32 Å². The highest BCUT2D eigenvalue weighted by Gasteiger charge is 2.15. The predicted octanol–water partition coefficient (Wildman–Crippen LogP) is 5.95. The van der Waals surface area contributed by atoms with E-state index in [2.05, 4.69) is 37.2 Å². The highest BCUT2D eigenvalue weighted by molar-refractivity contribution is 9.11. The Morgan fingerprint density at radius 2 is 1.61 bits per heavy atom. The molecule has 0 saturated heterocycles. The Morgan fingerprint density at radius 1 is 1.00 bits per heavy atom. The Hall–Kier alpha value is -2.90. The molecule has 0 radical (unpaired) electrons. The van der Waals surface area contributed by atoms with Gasteiger partial charge in [-0.3, -0.25) is 4.79 Å². The van der Waals surface area contributed by atoms with Crippen molar-refractivity contribution in [3.63, 3.8) is 0 Å². The number of carboxylic acid groups (broad SMARTS) is 1. The fourth-order valence-corrected chi connectivity index (χ4v) is 4.28. The number of halogens is 2. The number of hydrogen-bond donors (Lipinski definition) is 2. The molecular formula is C24H19Br2NO4. The summed E-state index contributed by atoms with van der Waals surface area (Å²) < 4.78 is 7.27. The minimum absolute atomic E-state index is 0.235. The van der Waals surface area contributed by atoms with Gasteiger partial charge in [0, 0.05) is 5.56 Å². The molecule has 3 aromatic rings. The second-order valence-electron chi connectivity index (χ2n) is 6.71. The Kier molecular flexibility index (Phi) is 7.65. The van der Waals surface area contributed by atoms with Crippen molar-refractivity contribution >= 4 is 49.8 Å². The zero-order valence-electron chi connectivity index (χ0n) is 16.6. The van der Waals surface area contributed by atoms with Crippen molar-refractivity contribution in [2.45, 2.75) is 13.5 Å². The lowest BCUT2D eigenvalue weighted by Gasteiger charge is -2.13. The molecule has 0 unspecified atom stereocenters. The van der Waals surface area contributed by atoms with Gasteiger partial charge in [0.05, 0.1) is 8.95 Å². The Morgan fingerprint density at radius 3 is 2.23 bits per heavy atom. The van der Waals surface area contributed by atoms with Gasteiger partial charge in [-0.15, -0.1) is 0 Å². The van der Waals surface area contributed by atoms with Crippen LogP contribution in [0.4, 0.5) is 0 Å². The minimum atomic E-state index is -1.24. The van der Waals surface area contributed by atoms with E-state index in [0.717, 1.165) is 11.1 Å². The first-order valence-electron chi connectivity index (χ1n) is 9.33. The summed E-state index contributed by atoms with van der Waals surface area (Å²) >= 11 is 6.97. The molecule has 158 valence electrons. The number of aliphatic carboxylic acids is 1. The minimum Gasteiger partial charge on any atom is -0.487 e. The van der Waals surface area contributed by atoms with Gasteiger partial charge in [-0.25, -0.2) is 4.79 Å². The van der Waals surface area contributed by atoms with Gasteiger partial charge in [0.15, 0.2) is 0 Å². The average molecular weight is 545 g/mol. The van der Waals surface area contributed by atoms with Crippen LogP contribution in [0.2, 0.25) is 0 Å². The van der Waals surface area contributed by atoms with Crippen molar-refractivity contribution in [1.29, 1.82) is 0 Å². The van der Waals surface area contributed by atoms with Crippen LogP contribution in [-0.2, 0) is 11.4 Å². The molecule has 0 spiro atoms. The zero-order valence-corrected chi connectivity index (χ0v) is 19.7. The molecule has 3 rings (SSSR count). The van der Waals surface area contributed by atoms with Crippen molar-refractivity contribution in [2.24, 2.45) is 0 Å². The van der Waals surface area contributed by atoms with Crippen LogP contribution in [-0.4, -0.2) is 17.0 Å². The van der Waals surface area contributed by atoms with Gasteiger partial charge in [0.2, 0.25) is 0 Å². The number of aryl methyl sites for hydroxylation is 1. The number of rotatable bonds is 7. The molecule has 0 atom stereocenters. The topological polar surface area (TPSA) is 75.6 Å². The van der Waals surface area contributed by atoms with Crippen molar-refractivity contribution in [2.75, 3.05) is 0 Å². The molecule has 0 fully saturated rings. The first kappa shape index (κ1) is 22.8. The molecular weight excluding hydrogens is 526 g/mol. The van der Waals surface area contributed by atoms with Gasteiger partial charge in [0.1, 0.15) is 18.1 Å². The lowest BCUT2D eigenvalue weighted by molar-refractivity contribution is -0.132. The highest BCUT2D eigenvalue weighted by atomic mass is 79.9. The average Bonchev–Trinajstić information content (AvgIpc) is 2.74. The summed E-state index contributed by atoms with van der Waals surface area (Å²) in [6.45, 7) is 2.42. The molecule has 5 nitrogen and oxygen atoms in total. The zero-order chi connectivity index (χ0) is 22.4. The Balaban J connectivity index is 1.81. The van der Waals surface area contributed by atoms with E-state index < -0.39 is 11.9 Å². The lowest BCUT2D eigenvalue weighted by Crippen LogP contribution is -2.27. The van der Waals surface area contributed by atoms with E-state index in [4.69, 9.17) is 4.74 Å². The molecule has 2 N–H and O–H groups in total. The van der Waals surface area contributed by atoms with E-state index in [1.165, 1.54) is 6.08 Å². The standard InChI is InChI=1S/C24H19Br2NO4/c1-15-7-5-6-10-18(15)14-31-22-19(25)11-16(12-20(22)26)13-21(24(29)30)27-23(28)17-8-3-2-4-9-17/h2-13H,14H2,1H3,(H,27,28)(H,29,30). The number of amides is 1. The molecule has 7 heteroatoms. The summed E-state index contributed by atoms with van der Waals surface area (Å²) in [5.41, 5.74) is 2.92. The van der Waals surface area contributed by atoms with Gasteiger partial charge < -0.3 is 15.2 Å². The van der Waals surface area contributed by atoms with Gasteiger partial charge in [-0.2, -0.15) is 0 Å². The van der Waals surface area contributed by atoms with Crippen LogP contribution < -0.4 is 10.1 Å². The summed E-state index contributed by atoms with van der Waals surface area (Å²) in [7, 11) is 0. The first-order chi connectivity index (χ1) is 14.8. The molecule has 1 amide bonds.